The van der Waals surface area contributed by atoms with Crippen molar-refractivity contribution in [3.63, 3.8) is 0 Å². The quantitative estimate of drug-likeness (QED) is 0.202. The standard InChI is InChI=1S/C39H28N2S/c1-39(2)31-13-6-7-14-35(31)42-36-22-19-29(24-32(36)39)28-11-8-12-30(23-28)34-21-18-27-16-15-26-17-20-33(25-9-4-3-5-10-25)40-37(26)38(27)41-34/h3-24H,1-2H3. The van der Waals surface area contributed by atoms with E-state index in [2.05, 4.69) is 141 Å². The SMILES string of the molecule is CC1(C)c2ccccc2Sc2ccc(-c3cccc(-c4ccc5ccc6ccc(-c7ccccc7)nc6c5n4)c3)cc21. The van der Waals surface area contributed by atoms with Crippen LogP contribution in [0.4, 0.5) is 0 Å². The summed E-state index contributed by atoms with van der Waals surface area (Å²) in [7, 11) is 0. The van der Waals surface area contributed by atoms with E-state index in [0.717, 1.165) is 44.3 Å². The summed E-state index contributed by atoms with van der Waals surface area (Å²) in [5.41, 5.74) is 11.1. The van der Waals surface area contributed by atoms with Gasteiger partial charge in [-0.25, -0.2) is 9.97 Å². The lowest BCUT2D eigenvalue weighted by Crippen LogP contribution is -2.23. The maximum absolute atomic E-state index is 5.20. The first-order chi connectivity index (χ1) is 20.5. The van der Waals surface area contributed by atoms with Crippen molar-refractivity contribution in [3.05, 3.63) is 145 Å². The van der Waals surface area contributed by atoms with Crippen molar-refractivity contribution in [2.45, 2.75) is 29.1 Å². The lowest BCUT2D eigenvalue weighted by atomic mass is 9.77. The molecule has 2 aromatic heterocycles. The van der Waals surface area contributed by atoms with Crippen LogP contribution in [0, 0.1) is 0 Å². The second kappa shape index (κ2) is 9.68. The predicted octanol–water partition coefficient (Wildman–Crippen LogP) is 10.6. The summed E-state index contributed by atoms with van der Waals surface area (Å²) in [6, 6.07) is 47.6. The highest BCUT2D eigenvalue weighted by atomic mass is 32.2. The first kappa shape index (κ1) is 25.0. The molecule has 1 aliphatic heterocycles. The number of hydrogen-bond donors (Lipinski definition) is 0. The molecule has 0 amide bonds. The molecule has 0 N–H and O–H groups in total. The Morgan fingerprint density at radius 1 is 0.452 bits per heavy atom. The van der Waals surface area contributed by atoms with Crippen LogP contribution < -0.4 is 0 Å². The highest BCUT2D eigenvalue weighted by Gasteiger charge is 2.33. The minimum Gasteiger partial charge on any atom is -0.245 e. The van der Waals surface area contributed by atoms with Crippen molar-refractivity contribution in [3.8, 4) is 33.6 Å². The molecule has 5 aromatic carbocycles. The predicted molar refractivity (Wildman–Crippen MR) is 176 cm³/mol. The molecule has 0 saturated heterocycles. The largest absolute Gasteiger partial charge is 0.245 e. The van der Waals surface area contributed by atoms with E-state index in [1.807, 2.05) is 17.8 Å². The second-order valence-corrected chi connectivity index (χ2v) is 12.6. The summed E-state index contributed by atoms with van der Waals surface area (Å²) >= 11 is 1.87. The Hall–Kier alpha value is -4.73. The van der Waals surface area contributed by atoms with Crippen LogP contribution in [0.5, 0.6) is 0 Å². The molecular formula is C39H28N2S. The van der Waals surface area contributed by atoms with Gasteiger partial charge in [-0.1, -0.05) is 123 Å². The molecule has 0 unspecified atom stereocenters. The number of benzene rings is 5. The van der Waals surface area contributed by atoms with Crippen molar-refractivity contribution >= 4 is 33.6 Å². The van der Waals surface area contributed by atoms with E-state index in [1.165, 1.54) is 32.0 Å². The van der Waals surface area contributed by atoms with Crippen molar-refractivity contribution in [2.75, 3.05) is 0 Å². The fourth-order valence-corrected chi connectivity index (χ4v) is 7.56. The van der Waals surface area contributed by atoms with E-state index in [1.54, 1.807) is 0 Å². The molecule has 7 aromatic rings. The topological polar surface area (TPSA) is 25.8 Å². The van der Waals surface area contributed by atoms with E-state index in [4.69, 9.17) is 9.97 Å². The molecule has 0 radical (unpaired) electrons. The maximum atomic E-state index is 5.20. The third kappa shape index (κ3) is 4.12. The van der Waals surface area contributed by atoms with Crippen molar-refractivity contribution in [1.29, 1.82) is 0 Å². The Bertz CT molecular complexity index is 2150. The molecular weight excluding hydrogens is 529 g/mol. The van der Waals surface area contributed by atoms with Crippen LogP contribution in [0.15, 0.2) is 143 Å². The van der Waals surface area contributed by atoms with Gasteiger partial charge in [0.05, 0.1) is 22.4 Å². The molecule has 8 rings (SSSR count). The summed E-state index contributed by atoms with van der Waals surface area (Å²) in [6.45, 7) is 4.68. The zero-order chi connectivity index (χ0) is 28.3. The van der Waals surface area contributed by atoms with E-state index >= 15 is 0 Å². The molecule has 200 valence electrons. The Morgan fingerprint density at radius 2 is 1.02 bits per heavy atom. The highest BCUT2D eigenvalue weighted by Crippen LogP contribution is 2.49. The second-order valence-electron chi connectivity index (χ2n) is 11.5. The smallest absolute Gasteiger partial charge is 0.0972 e. The van der Waals surface area contributed by atoms with Gasteiger partial charge in [0.1, 0.15) is 0 Å². The first-order valence-electron chi connectivity index (χ1n) is 14.3. The molecule has 3 heterocycles. The number of pyridine rings is 2. The Kier molecular flexibility index (Phi) is 5.77. The van der Waals surface area contributed by atoms with Crippen LogP contribution in [0.3, 0.4) is 0 Å². The molecule has 1 aliphatic rings. The van der Waals surface area contributed by atoms with Crippen LogP contribution in [0.2, 0.25) is 0 Å². The summed E-state index contributed by atoms with van der Waals surface area (Å²) in [4.78, 5) is 13.0. The van der Waals surface area contributed by atoms with Crippen LogP contribution in [-0.2, 0) is 5.41 Å². The van der Waals surface area contributed by atoms with E-state index in [-0.39, 0.29) is 5.41 Å². The third-order valence-corrected chi connectivity index (χ3v) is 9.67. The van der Waals surface area contributed by atoms with Gasteiger partial charge in [-0.2, -0.15) is 0 Å². The van der Waals surface area contributed by atoms with Crippen LogP contribution in [-0.4, -0.2) is 9.97 Å². The highest BCUT2D eigenvalue weighted by molar-refractivity contribution is 7.99. The molecule has 0 fully saturated rings. The molecule has 0 bridgehead atoms. The van der Waals surface area contributed by atoms with Crippen LogP contribution >= 0.6 is 11.8 Å². The summed E-state index contributed by atoms with van der Waals surface area (Å²) < 4.78 is 0. The fourth-order valence-electron chi connectivity index (χ4n) is 6.18. The van der Waals surface area contributed by atoms with Gasteiger partial charge >= 0.3 is 0 Å². The summed E-state index contributed by atoms with van der Waals surface area (Å²) in [6.07, 6.45) is 0. The van der Waals surface area contributed by atoms with Gasteiger partial charge in [-0.3, -0.25) is 0 Å². The van der Waals surface area contributed by atoms with Gasteiger partial charge in [0.25, 0.3) is 0 Å². The van der Waals surface area contributed by atoms with Crippen molar-refractivity contribution < 1.29 is 0 Å². The average Bonchev–Trinajstić information content (AvgIpc) is 3.04. The van der Waals surface area contributed by atoms with Crippen molar-refractivity contribution in [1.82, 2.24) is 9.97 Å². The van der Waals surface area contributed by atoms with Gasteiger partial charge in [-0.05, 0) is 58.7 Å². The zero-order valence-electron chi connectivity index (χ0n) is 23.5. The van der Waals surface area contributed by atoms with Gasteiger partial charge in [-0.15, -0.1) is 0 Å². The Labute approximate surface area is 250 Å². The fraction of sp³-hybridized carbons (Fsp3) is 0.0769. The van der Waals surface area contributed by atoms with Gasteiger partial charge in [0, 0.05) is 37.1 Å². The van der Waals surface area contributed by atoms with E-state index in [9.17, 15) is 0 Å². The summed E-state index contributed by atoms with van der Waals surface area (Å²) in [5, 5.41) is 2.19. The molecule has 0 aliphatic carbocycles. The number of hydrogen-bond acceptors (Lipinski definition) is 3. The van der Waals surface area contributed by atoms with Crippen molar-refractivity contribution in [2.24, 2.45) is 0 Å². The lowest BCUT2D eigenvalue weighted by molar-refractivity contribution is 0.607. The number of fused-ring (bicyclic) bond motifs is 5. The maximum Gasteiger partial charge on any atom is 0.0972 e. The normalized spacial score (nSPS) is 13.6. The molecule has 3 heteroatoms. The average molecular weight is 557 g/mol. The molecule has 0 saturated carbocycles. The molecule has 0 spiro atoms. The minimum absolute atomic E-state index is 0.0582. The number of rotatable bonds is 3. The van der Waals surface area contributed by atoms with E-state index in [0.29, 0.717) is 0 Å². The first-order valence-corrected chi connectivity index (χ1v) is 15.1. The number of aromatic nitrogens is 2. The van der Waals surface area contributed by atoms with Gasteiger partial charge in [0.2, 0.25) is 0 Å². The minimum atomic E-state index is -0.0582. The number of nitrogens with zero attached hydrogens (tertiary/aromatic N) is 2. The Balaban J connectivity index is 1.21. The molecule has 0 atom stereocenters. The van der Waals surface area contributed by atoms with E-state index < -0.39 is 0 Å². The Morgan fingerprint density at radius 3 is 1.79 bits per heavy atom. The lowest BCUT2D eigenvalue weighted by Gasteiger charge is -2.34. The van der Waals surface area contributed by atoms with Gasteiger partial charge in [0.15, 0.2) is 0 Å². The van der Waals surface area contributed by atoms with Crippen LogP contribution in [0.1, 0.15) is 25.0 Å². The molecule has 2 nitrogen and oxygen atoms in total. The monoisotopic (exact) mass is 556 g/mol. The van der Waals surface area contributed by atoms with Crippen LogP contribution in [0.25, 0.3) is 55.4 Å². The zero-order valence-corrected chi connectivity index (χ0v) is 24.3. The molecule has 42 heavy (non-hydrogen) atoms. The van der Waals surface area contributed by atoms with Gasteiger partial charge < -0.3 is 0 Å². The summed E-state index contributed by atoms with van der Waals surface area (Å²) in [5.74, 6) is 0. The third-order valence-electron chi connectivity index (χ3n) is 8.51.